The topological polar surface area (TPSA) is 64.4 Å². The number of carbonyl (C=O) groups excluding carboxylic acids is 2. The van der Waals surface area contributed by atoms with E-state index in [-0.39, 0.29) is 17.2 Å². The number of hydrogen-bond acceptors (Lipinski definition) is 5. The van der Waals surface area contributed by atoms with Crippen LogP contribution < -0.4 is 4.90 Å². The van der Waals surface area contributed by atoms with E-state index < -0.39 is 5.97 Å². The molecule has 6 nitrogen and oxygen atoms in total. The zero-order valence-electron chi connectivity index (χ0n) is 19.9. The van der Waals surface area contributed by atoms with E-state index in [9.17, 15) is 9.59 Å². The van der Waals surface area contributed by atoms with Crippen molar-refractivity contribution >= 4 is 28.9 Å². The molecule has 172 valence electrons. The van der Waals surface area contributed by atoms with Gasteiger partial charge in [-0.15, -0.1) is 11.3 Å². The van der Waals surface area contributed by atoms with Crippen LogP contribution in [0, 0.1) is 29.1 Å². The molecule has 2 heterocycles. The van der Waals surface area contributed by atoms with Gasteiger partial charge >= 0.3 is 5.97 Å². The average molecular weight is 456 g/mol. The minimum Gasteiger partial charge on any atom is -0.465 e. The first-order valence-corrected chi connectivity index (χ1v) is 11.9. The third kappa shape index (κ3) is 6.01. The molecule has 0 spiro atoms. The van der Waals surface area contributed by atoms with Crippen molar-refractivity contribution in [3.8, 4) is 11.8 Å². The van der Waals surface area contributed by atoms with E-state index in [0.717, 1.165) is 36.1 Å². The van der Waals surface area contributed by atoms with E-state index in [2.05, 4.69) is 23.9 Å². The molecule has 0 atom stereocenters. The molecule has 0 radical (unpaired) electrons. The first-order chi connectivity index (χ1) is 15.1. The Kier molecular flexibility index (Phi) is 7.45. The summed E-state index contributed by atoms with van der Waals surface area (Å²) in [4.78, 5) is 29.3. The highest BCUT2D eigenvalue weighted by atomic mass is 32.1. The van der Waals surface area contributed by atoms with Crippen molar-refractivity contribution in [3.05, 3.63) is 33.8 Å². The largest absolute Gasteiger partial charge is 0.465 e. The third-order valence-corrected chi connectivity index (χ3v) is 6.68. The lowest BCUT2D eigenvalue weighted by Gasteiger charge is -2.31. The van der Waals surface area contributed by atoms with E-state index in [0.29, 0.717) is 23.0 Å². The number of anilines is 1. The van der Waals surface area contributed by atoms with Crippen LogP contribution in [0.4, 0.5) is 5.69 Å². The summed E-state index contributed by atoms with van der Waals surface area (Å²) >= 11 is 1.28. The van der Waals surface area contributed by atoms with Gasteiger partial charge in [-0.25, -0.2) is 4.79 Å². The normalized spacial score (nSPS) is 18.6. The molecule has 0 unspecified atom stereocenters. The van der Waals surface area contributed by atoms with Gasteiger partial charge in [-0.05, 0) is 58.4 Å². The molecule has 0 bridgehead atoms. The number of aryl methyl sites for hydroxylation is 1. The van der Waals surface area contributed by atoms with Gasteiger partial charge in [0.2, 0.25) is 5.91 Å². The molecular formula is C25H33N3O3S. The quantitative estimate of drug-likeness (QED) is 0.469. The Hall–Kier alpha value is -2.59. The second kappa shape index (κ2) is 9.91. The Bertz CT molecular complexity index is 1030. The Morgan fingerprint density at radius 2 is 1.97 bits per heavy atom. The van der Waals surface area contributed by atoms with Gasteiger partial charge in [0.15, 0.2) is 0 Å². The Morgan fingerprint density at radius 3 is 2.53 bits per heavy atom. The lowest BCUT2D eigenvalue weighted by atomic mass is 9.82. The third-order valence-electron chi connectivity index (χ3n) is 5.66. The zero-order chi connectivity index (χ0) is 23.5. The number of thiophene rings is 1. The summed E-state index contributed by atoms with van der Waals surface area (Å²) < 4.78 is 6.77. The Morgan fingerprint density at radius 1 is 1.28 bits per heavy atom. The minimum atomic E-state index is -0.449. The van der Waals surface area contributed by atoms with Crippen molar-refractivity contribution in [1.82, 2.24) is 9.78 Å². The summed E-state index contributed by atoms with van der Waals surface area (Å²) in [7, 11) is 3.21. The highest BCUT2D eigenvalue weighted by Gasteiger charge is 2.32. The fourth-order valence-corrected chi connectivity index (χ4v) is 4.81. The molecular weight excluding hydrogens is 422 g/mol. The predicted octanol–water partition coefficient (Wildman–Crippen LogP) is 5.03. The lowest BCUT2D eigenvalue weighted by molar-refractivity contribution is -0.123. The molecule has 2 aromatic rings. The van der Waals surface area contributed by atoms with Crippen molar-refractivity contribution in [3.63, 3.8) is 0 Å². The highest BCUT2D eigenvalue weighted by Crippen LogP contribution is 2.36. The van der Waals surface area contributed by atoms with Crippen LogP contribution in [-0.2, 0) is 23.1 Å². The number of nitrogens with zero attached hydrogens (tertiary/aromatic N) is 3. The molecule has 7 heteroatoms. The molecule has 1 amide bonds. The van der Waals surface area contributed by atoms with Crippen molar-refractivity contribution in [2.75, 3.05) is 12.0 Å². The zero-order valence-corrected chi connectivity index (χ0v) is 20.7. The van der Waals surface area contributed by atoms with Crippen LogP contribution >= 0.6 is 11.3 Å². The maximum absolute atomic E-state index is 13.7. The van der Waals surface area contributed by atoms with Gasteiger partial charge < -0.3 is 9.64 Å². The monoisotopic (exact) mass is 455 g/mol. The molecule has 0 aromatic carbocycles. The van der Waals surface area contributed by atoms with E-state index in [1.165, 1.54) is 18.4 Å². The predicted molar refractivity (Wildman–Crippen MR) is 128 cm³/mol. The number of aromatic nitrogens is 2. The number of carbonyl (C=O) groups is 2. The van der Waals surface area contributed by atoms with Crippen LogP contribution in [0.1, 0.15) is 73.5 Å². The fourth-order valence-electron chi connectivity index (χ4n) is 3.88. The van der Waals surface area contributed by atoms with E-state index in [4.69, 9.17) is 4.74 Å². The number of esters is 1. The lowest BCUT2D eigenvalue weighted by Crippen LogP contribution is -2.37. The van der Waals surface area contributed by atoms with Gasteiger partial charge in [-0.2, -0.15) is 5.10 Å². The van der Waals surface area contributed by atoms with Gasteiger partial charge in [-0.3, -0.25) is 9.48 Å². The standard InChI is InChI=1S/C25H33N3O3S/c1-17-7-9-19(10-8-17)23(29)28(16-18-14-26-27(5)15-18)21-13-20(11-12-25(2,3)4)32-22(21)24(30)31-6/h13-15,17,19H,7-10,16H2,1-6H3. The first kappa shape index (κ1) is 24.1. The summed E-state index contributed by atoms with van der Waals surface area (Å²) in [5.74, 6) is 6.61. The maximum Gasteiger partial charge on any atom is 0.350 e. The van der Waals surface area contributed by atoms with Crippen LogP contribution in [0.3, 0.4) is 0 Å². The molecule has 1 aliphatic carbocycles. The van der Waals surface area contributed by atoms with Gasteiger partial charge in [-0.1, -0.05) is 18.8 Å². The maximum atomic E-state index is 13.7. The summed E-state index contributed by atoms with van der Waals surface area (Å²) in [6.07, 6.45) is 7.50. The van der Waals surface area contributed by atoms with Crippen molar-refractivity contribution in [2.24, 2.45) is 24.3 Å². The van der Waals surface area contributed by atoms with Gasteiger partial charge in [0.25, 0.3) is 0 Å². The van der Waals surface area contributed by atoms with Gasteiger partial charge in [0.1, 0.15) is 4.88 Å². The average Bonchev–Trinajstić information content (AvgIpc) is 3.35. The highest BCUT2D eigenvalue weighted by molar-refractivity contribution is 7.15. The summed E-state index contributed by atoms with van der Waals surface area (Å²) in [6, 6.07) is 1.86. The molecule has 2 aromatic heterocycles. The van der Waals surface area contributed by atoms with Gasteiger partial charge in [0.05, 0.1) is 30.4 Å². The van der Waals surface area contributed by atoms with E-state index >= 15 is 0 Å². The van der Waals surface area contributed by atoms with Crippen LogP contribution in [0.5, 0.6) is 0 Å². The van der Waals surface area contributed by atoms with Crippen LogP contribution in [0.15, 0.2) is 18.5 Å². The first-order valence-electron chi connectivity index (χ1n) is 11.1. The van der Waals surface area contributed by atoms with Crippen LogP contribution in [0.25, 0.3) is 0 Å². The number of ether oxygens (including phenoxy) is 1. The number of methoxy groups -OCH3 is 1. The minimum absolute atomic E-state index is 0.0441. The SMILES string of the molecule is COC(=O)c1sc(C#CC(C)(C)C)cc1N(Cc1cnn(C)c1)C(=O)C1CCC(C)CC1. The Labute approximate surface area is 194 Å². The van der Waals surface area contributed by atoms with E-state index in [1.54, 1.807) is 15.8 Å². The molecule has 3 rings (SSSR count). The number of hydrogen-bond donors (Lipinski definition) is 0. The number of rotatable bonds is 5. The van der Waals surface area contributed by atoms with Crippen LogP contribution in [0.2, 0.25) is 0 Å². The smallest absolute Gasteiger partial charge is 0.350 e. The van der Waals surface area contributed by atoms with Gasteiger partial charge in [0, 0.05) is 30.1 Å². The molecule has 0 N–H and O–H groups in total. The number of amides is 1. The van der Waals surface area contributed by atoms with Crippen molar-refractivity contribution < 1.29 is 14.3 Å². The molecule has 0 aliphatic heterocycles. The van der Waals surface area contributed by atoms with E-state index in [1.807, 2.05) is 40.1 Å². The van der Waals surface area contributed by atoms with Crippen molar-refractivity contribution in [1.29, 1.82) is 0 Å². The molecule has 1 aliphatic rings. The second-order valence-electron chi connectivity index (χ2n) is 9.72. The summed E-state index contributed by atoms with van der Waals surface area (Å²) in [5.41, 5.74) is 1.32. The fraction of sp³-hybridized carbons (Fsp3) is 0.560. The Balaban J connectivity index is 2.03. The molecule has 0 saturated heterocycles. The molecule has 1 fully saturated rings. The molecule has 1 saturated carbocycles. The van der Waals surface area contributed by atoms with Crippen molar-refractivity contribution in [2.45, 2.75) is 59.9 Å². The molecule has 32 heavy (non-hydrogen) atoms. The summed E-state index contributed by atoms with van der Waals surface area (Å²) in [6.45, 7) is 8.71. The second-order valence-corrected chi connectivity index (χ2v) is 10.8. The summed E-state index contributed by atoms with van der Waals surface area (Å²) in [5, 5.41) is 4.25. The van der Waals surface area contributed by atoms with Crippen LogP contribution in [-0.4, -0.2) is 28.8 Å².